The monoisotopic (exact) mass is 276 g/mol. The number of hydrogen-bond acceptors (Lipinski definition) is 5. The minimum atomic E-state index is -0.0430. The van der Waals surface area contributed by atoms with Gasteiger partial charge >= 0.3 is 0 Å². The largest absolute Gasteiger partial charge is 0.361 e. The molecule has 2 heterocycles. The van der Waals surface area contributed by atoms with Crippen LogP contribution in [0.2, 0.25) is 0 Å². The van der Waals surface area contributed by atoms with Gasteiger partial charge in [0.2, 0.25) is 0 Å². The van der Waals surface area contributed by atoms with Crippen LogP contribution in [0.15, 0.2) is 18.5 Å². The molecule has 0 aliphatic heterocycles. The fraction of sp³-hybridized carbons (Fsp3) is 0.500. The van der Waals surface area contributed by atoms with Crippen LogP contribution in [0.1, 0.15) is 49.4 Å². The van der Waals surface area contributed by atoms with Gasteiger partial charge in [-0.2, -0.15) is 0 Å². The summed E-state index contributed by atoms with van der Waals surface area (Å²) in [5.41, 5.74) is -0.0430. The fourth-order valence-corrected chi connectivity index (χ4v) is 2.43. The second-order valence-electron chi connectivity index (χ2n) is 5.69. The van der Waals surface area contributed by atoms with Gasteiger partial charge in [-0.25, -0.2) is 15.0 Å². The zero-order valence-electron chi connectivity index (χ0n) is 12.1. The van der Waals surface area contributed by atoms with Crippen molar-refractivity contribution >= 4 is 17.2 Å². The summed E-state index contributed by atoms with van der Waals surface area (Å²) in [5, 5.41) is 4.46. The lowest BCUT2D eigenvalue weighted by molar-refractivity contribution is 0.545. The molecule has 1 atom stereocenters. The predicted molar refractivity (Wildman–Crippen MR) is 79.6 cm³/mol. The molecule has 0 fully saturated rings. The van der Waals surface area contributed by atoms with Crippen molar-refractivity contribution in [3.63, 3.8) is 0 Å². The van der Waals surface area contributed by atoms with E-state index in [1.165, 1.54) is 4.88 Å². The van der Waals surface area contributed by atoms with Crippen LogP contribution in [0.5, 0.6) is 0 Å². The minimum Gasteiger partial charge on any atom is -0.361 e. The Bertz CT molecular complexity index is 557. The van der Waals surface area contributed by atoms with Crippen LogP contribution in [-0.4, -0.2) is 15.0 Å². The van der Waals surface area contributed by atoms with E-state index in [1.54, 1.807) is 17.5 Å². The number of aryl methyl sites for hydroxylation is 1. The lowest BCUT2D eigenvalue weighted by atomic mass is 9.96. The van der Waals surface area contributed by atoms with E-state index < -0.39 is 0 Å². The molecule has 0 bridgehead atoms. The molecule has 5 heteroatoms. The molecule has 2 aromatic rings. The van der Waals surface area contributed by atoms with Gasteiger partial charge in [-0.3, -0.25) is 0 Å². The highest BCUT2D eigenvalue weighted by molar-refractivity contribution is 7.11. The molecule has 0 radical (unpaired) electrons. The third-order valence-electron chi connectivity index (χ3n) is 2.70. The van der Waals surface area contributed by atoms with E-state index in [1.807, 2.05) is 12.3 Å². The van der Waals surface area contributed by atoms with Crippen LogP contribution in [0.3, 0.4) is 0 Å². The molecule has 102 valence electrons. The van der Waals surface area contributed by atoms with E-state index in [2.05, 4.69) is 54.9 Å². The van der Waals surface area contributed by atoms with Crippen LogP contribution in [0.4, 0.5) is 5.82 Å². The normalized spacial score (nSPS) is 13.3. The topological polar surface area (TPSA) is 50.7 Å². The summed E-state index contributed by atoms with van der Waals surface area (Å²) in [6, 6.07) is 2.05. The Morgan fingerprint density at radius 3 is 2.58 bits per heavy atom. The van der Waals surface area contributed by atoms with E-state index in [-0.39, 0.29) is 11.5 Å². The van der Waals surface area contributed by atoms with Crippen molar-refractivity contribution in [3.8, 4) is 0 Å². The molecule has 0 amide bonds. The van der Waals surface area contributed by atoms with Crippen LogP contribution < -0.4 is 5.32 Å². The maximum absolute atomic E-state index is 4.57. The Labute approximate surface area is 118 Å². The van der Waals surface area contributed by atoms with E-state index in [0.717, 1.165) is 16.6 Å². The number of anilines is 1. The van der Waals surface area contributed by atoms with Gasteiger partial charge in [-0.15, -0.1) is 11.3 Å². The second-order valence-corrected chi connectivity index (χ2v) is 6.96. The first-order valence-corrected chi connectivity index (χ1v) is 7.20. The van der Waals surface area contributed by atoms with Crippen molar-refractivity contribution in [1.82, 2.24) is 15.0 Å². The van der Waals surface area contributed by atoms with E-state index in [0.29, 0.717) is 0 Å². The zero-order valence-corrected chi connectivity index (χ0v) is 12.9. The van der Waals surface area contributed by atoms with E-state index in [9.17, 15) is 0 Å². The number of nitrogens with one attached hydrogen (secondary N) is 1. The Morgan fingerprint density at radius 1 is 1.26 bits per heavy atom. The summed E-state index contributed by atoms with van der Waals surface area (Å²) >= 11 is 1.71. The third kappa shape index (κ3) is 3.50. The van der Waals surface area contributed by atoms with Crippen LogP contribution in [-0.2, 0) is 5.41 Å². The highest BCUT2D eigenvalue weighted by Gasteiger charge is 2.18. The Morgan fingerprint density at radius 2 is 2.00 bits per heavy atom. The first-order valence-electron chi connectivity index (χ1n) is 6.38. The Kier molecular flexibility index (Phi) is 3.85. The molecule has 2 aromatic heterocycles. The van der Waals surface area contributed by atoms with E-state index >= 15 is 0 Å². The molecule has 0 aromatic carbocycles. The number of aromatic nitrogens is 3. The van der Waals surface area contributed by atoms with Gasteiger partial charge in [-0.1, -0.05) is 20.8 Å². The molecule has 0 aliphatic rings. The van der Waals surface area contributed by atoms with Gasteiger partial charge in [-0.05, 0) is 19.9 Å². The average Bonchev–Trinajstić information content (AvgIpc) is 2.75. The van der Waals surface area contributed by atoms with Gasteiger partial charge in [0, 0.05) is 22.7 Å². The highest BCUT2D eigenvalue weighted by Crippen LogP contribution is 2.24. The molecule has 1 unspecified atom stereocenters. The summed E-state index contributed by atoms with van der Waals surface area (Å²) in [5.74, 6) is 1.69. The van der Waals surface area contributed by atoms with Crippen LogP contribution >= 0.6 is 11.3 Å². The summed E-state index contributed by atoms with van der Waals surface area (Å²) in [4.78, 5) is 14.5. The van der Waals surface area contributed by atoms with Crippen molar-refractivity contribution in [1.29, 1.82) is 0 Å². The molecule has 0 saturated carbocycles. The quantitative estimate of drug-likeness (QED) is 0.928. The minimum absolute atomic E-state index is 0.0430. The zero-order chi connectivity index (χ0) is 14.0. The van der Waals surface area contributed by atoms with Crippen molar-refractivity contribution in [2.75, 3.05) is 5.32 Å². The summed E-state index contributed by atoms with van der Waals surface area (Å²) in [7, 11) is 0. The molecular formula is C14H20N4S. The van der Waals surface area contributed by atoms with Crippen LogP contribution in [0, 0.1) is 6.92 Å². The molecule has 0 saturated heterocycles. The number of hydrogen-bond donors (Lipinski definition) is 1. The number of rotatable bonds is 3. The molecule has 2 rings (SSSR count). The molecule has 0 aliphatic carbocycles. The van der Waals surface area contributed by atoms with Gasteiger partial charge in [0.15, 0.2) is 0 Å². The molecule has 0 spiro atoms. The first kappa shape index (κ1) is 13.9. The Hall–Kier alpha value is -1.49. The summed E-state index contributed by atoms with van der Waals surface area (Å²) < 4.78 is 0. The lowest BCUT2D eigenvalue weighted by Gasteiger charge is -2.18. The van der Waals surface area contributed by atoms with Gasteiger partial charge in [0.25, 0.3) is 0 Å². The summed E-state index contributed by atoms with van der Waals surface area (Å²) in [6.45, 7) is 10.5. The predicted octanol–water partition coefficient (Wildman–Crippen LogP) is 3.71. The SMILES string of the molecule is Cc1cnc(C(C)Nc2ccnc(C(C)(C)C)n2)s1. The number of nitrogens with zero attached hydrogens (tertiary/aromatic N) is 3. The van der Waals surface area contributed by atoms with Gasteiger partial charge in [0.1, 0.15) is 16.6 Å². The number of thiazole rings is 1. The van der Waals surface area contributed by atoms with Crippen molar-refractivity contribution in [3.05, 3.63) is 34.2 Å². The maximum atomic E-state index is 4.57. The maximum Gasteiger partial charge on any atom is 0.135 e. The van der Waals surface area contributed by atoms with Gasteiger partial charge < -0.3 is 5.32 Å². The molecule has 1 N–H and O–H groups in total. The molecular weight excluding hydrogens is 256 g/mol. The second kappa shape index (κ2) is 5.25. The Balaban J connectivity index is 2.15. The van der Waals surface area contributed by atoms with Crippen molar-refractivity contribution in [2.45, 2.75) is 46.1 Å². The first-order chi connectivity index (χ1) is 8.86. The average molecular weight is 276 g/mol. The fourth-order valence-electron chi connectivity index (χ4n) is 1.66. The smallest absolute Gasteiger partial charge is 0.135 e. The van der Waals surface area contributed by atoms with Gasteiger partial charge in [0.05, 0.1) is 6.04 Å². The van der Waals surface area contributed by atoms with Crippen LogP contribution in [0.25, 0.3) is 0 Å². The van der Waals surface area contributed by atoms with Crippen molar-refractivity contribution in [2.24, 2.45) is 0 Å². The standard InChI is InChI=1S/C14H20N4S/c1-9-8-16-12(19-9)10(2)17-11-6-7-15-13(18-11)14(3,4)5/h6-8,10H,1-5H3,(H,15,17,18). The lowest BCUT2D eigenvalue weighted by Crippen LogP contribution is -2.17. The third-order valence-corrected chi connectivity index (χ3v) is 3.80. The van der Waals surface area contributed by atoms with E-state index in [4.69, 9.17) is 0 Å². The summed E-state index contributed by atoms with van der Waals surface area (Å²) in [6.07, 6.45) is 3.70. The molecule has 4 nitrogen and oxygen atoms in total. The highest BCUT2D eigenvalue weighted by atomic mass is 32.1. The van der Waals surface area contributed by atoms with Crippen molar-refractivity contribution < 1.29 is 0 Å². The molecule has 19 heavy (non-hydrogen) atoms.